The van der Waals surface area contributed by atoms with E-state index in [-0.39, 0.29) is 18.0 Å². The molecule has 40 heavy (non-hydrogen) atoms. The largest absolute Gasteiger partial charge is 0.472 e. The second-order valence-corrected chi connectivity index (χ2v) is 14.6. The lowest BCUT2D eigenvalue weighted by Gasteiger charge is -2.32. The monoisotopic (exact) mass is 568 g/mol. The summed E-state index contributed by atoms with van der Waals surface area (Å²) in [6.45, 7) is 7.77. The van der Waals surface area contributed by atoms with Gasteiger partial charge in [-0.1, -0.05) is 25.3 Å². The van der Waals surface area contributed by atoms with Crippen molar-refractivity contribution in [3.63, 3.8) is 0 Å². The van der Waals surface area contributed by atoms with Crippen LogP contribution in [0.25, 0.3) is 22.2 Å². The van der Waals surface area contributed by atoms with E-state index in [1.54, 1.807) is 45.4 Å². The molecule has 0 unspecified atom stereocenters. The molecule has 3 heterocycles. The smallest absolute Gasteiger partial charge is 0.264 e. The highest BCUT2D eigenvalue weighted by molar-refractivity contribution is 7.91. The predicted molar refractivity (Wildman–Crippen MR) is 156 cm³/mol. The highest BCUT2D eigenvalue weighted by atomic mass is 32.2. The number of furan rings is 1. The number of nitrogens with one attached hydrogen (secondary N) is 1. The van der Waals surface area contributed by atoms with Gasteiger partial charge in [-0.05, 0) is 70.3 Å². The number of likely N-dealkylation sites (N-methyl/N-ethyl adjacent to an activating group) is 1. The molecule has 1 saturated carbocycles. The Bertz CT molecular complexity index is 1490. The van der Waals surface area contributed by atoms with E-state index in [1.165, 1.54) is 12.0 Å². The van der Waals surface area contributed by atoms with Gasteiger partial charge in [-0.2, -0.15) is 0 Å². The van der Waals surface area contributed by atoms with E-state index in [1.807, 2.05) is 21.6 Å². The molecule has 0 radical (unpaired) electrons. The third-order valence-corrected chi connectivity index (χ3v) is 10.4. The average Bonchev–Trinajstić information content (AvgIpc) is 3.55. The first-order valence-electron chi connectivity index (χ1n) is 14.2. The number of hydrogen-bond acceptors (Lipinski definition) is 6. The van der Waals surface area contributed by atoms with Gasteiger partial charge in [0.25, 0.3) is 5.91 Å². The number of benzene rings is 1. The Morgan fingerprint density at radius 3 is 2.35 bits per heavy atom. The molecule has 1 aromatic carbocycles. The van der Waals surface area contributed by atoms with Gasteiger partial charge in [-0.3, -0.25) is 9.59 Å². The Hall–Kier alpha value is -3.11. The molecule has 2 fully saturated rings. The number of carbonyl (C=O) groups excluding carboxylic acids is 2. The molecule has 1 aliphatic carbocycles. The van der Waals surface area contributed by atoms with E-state index in [2.05, 4.69) is 16.7 Å². The summed E-state index contributed by atoms with van der Waals surface area (Å²) < 4.78 is 34.1. The molecule has 216 valence electrons. The number of sulfonamides is 1. The number of piperazine rings is 1. The van der Waals surface area contributed by atoms with Gasteiger partial charge in [0.05, 0.1) is 28.5 Å². The van der Waals surface area contributed by atoms with E-state index in [9.17, 15) is 18.0 Å². The molecular weight excluding hydrogens is 528 g/mol. The van der Waals surface area contributed by atoms with Crippen molar-refractivity contribution in [1.29, 1.82) is 0 Å². The summed E-state index contributed by atoms with van der Waals surface area (Å²) in [4.78, 5) is 30.9. The zero-order chi connectivity index (χ0) is 28.7. The lowest BCUT2D eigenvalue weighted by Crippen LogP contribution is -2.48. The number of nitrogens with zero attached hydrogens (tertiary/aromatic N) is 3. The minimum Gasteiger partial charge on any atom is -0.472 e. The molecule has 3 aromatic rings. The fraction of sp³-hybridized carbons (Fsp3) is 0.533. The first-order valence-corrected chi connectivity index (χ1v) is 15.7. The van der Waals surface area contributed by atoms with Crippen LogP contribution in [0.15, 0.2) is 41.2 Å². The number of carbonyl (C=O) groups is 2. The molecule has 2 aliphatic rings. The molecule has 2 amide bonds. The summed E-state index contributed by atoms with van der Waals surface area (Å²) in [6.07, 6.45) is 8.97. The van der Waals surface area contributed by atoms with Gasteiger partial charge in [0.1, 0.15) is 6.54 Å². The molecule has 9 nitrogen and oxygen atoms in total. The summed E-state index contributed by atoms with van der Waals surface area (Å²) in [5.41, 5.74) is 4.00. The Kier molecular flexibility index (Phi) is 7.85. The van der Waals surface area contributed by atoms with Crippen LogP contribution in [0.1, 0.15) is 74.7 Å². The average molecular weight is 569 g/mol. The van der Waals surface area contributed by atoms with Crippen molar-refractivity contribution in [3.8, 4) is 11.3 Å². The maximum atomic E-state index is 13.6. The number of hydrogen-bond donors (Lipinski definition) is 1. The van der Waals surface area contributed by atoms with Crippen LogP contribution in [0, 0.1) is 0 Å². The lowest BCUT2D eigenvalue weighted by molar-refractivity contribution is -0.133. The molecule has 1 N–H and O–H groups in total. The van der Waals surface area contributed by atoms with Crippen LogP contribution in [0.4, 0.5) is 0 Å². The number of fused-ring (bicyclic) bond motifs is 1. The maximum absolute atomic E-state index is 13.6. The highest BCUT2D eigenvalue weighted by Gasteiger charge is 2.32. The quantitative estimate of drug-likeness (QED) is 0.467. The molecular formula is C30H40N4O5S. The van der Waals surface area contributed by atoms with Crippen molar-refractivity contribution in [3.05, 3.63) is 47.9 Å². The number of rotatable bonds is 6. The SMILES string of the molecule is CN1CCN(C(=O)Cn2c(-c3ccoc3)c(C3CCCCC3)c3ccc(C(=O)NS(=O)(=O)C(C)(C)C)cc32)CC1. The van der Waals surface area contributed by atoms with Crippen molar-refractivity contribution in [1.82, 2.24) is 19.1 Å². The second-order valence-electron chi connectivity index (χ2n) is 12.2. The summed E-state index contributed by atoms with van der Waals surface area (Å²) in [5, 5.41) is 0.990. The van der Waals surface area contributed by atoms with E-state index >= 15 is 0 Å². The molecule has 1 aliphatic heterocycles. The molecule has 2 aromatic heterocycles. The van der Waals surface area contributed by atoms with Gasteiger partial charge >= 0.3 is 0 Å². The maximum Gasteiger partial charge on any atom is 0.264 e. The normalized spacial score (nSPS) is 17.9. The fourth-order valence-electron chi connectivity index (χ4n) is 5.82. The first kappa shape index (κ1) is 28.4. The third-order valence-electron chi connectivity index (χ3n) is 8.36. The molecule has 10 heteroatoms. The standard InChI is InChI=1S/C30H40N4O5S/c1-30(2,3)40(37,38)31-29(36)22-10-11-24-25(18-22)34(19-26(35)33-15-13-32(4)14-16-33)28(23-12-17-39-20-23)27(24)21-8-6-5-7-9-21/h10-12,17-18,20-21H,5-9,13-16,19H2,1-4H3,(H,31,36). The number of aromatic nitrogens is 1. The van der Waals surface area contributed by atoms with E-state index < -0.39 is 20.7 Å². The van der Waals surface area contributed by atoms with Crippen LogP contribution in [0.5, 0.6) is 0 Å². The highest BCUT2D eigenvalue weighted by Crippen LogP contribution is 2.44. The summed E-state index contributed by atoms with van der Waals surface area (Å²) in [7, 11) is -1.83. The minimum atomic E-state index is -3.89. The molecule has 0 bridgehead atoms. The van der Waals surface area contributed by atoms with E-state index in [0.717, 1.165) is 60.9 Å². The van der Waals surface area contributed by atoms with Crippen LogP contribution in [-0.2, 0) is 21.4 Å². The van der Waals surface area contributed by atoms with Crippen LogP contribution in [-0.4, -0.2) is 72.6 Å². The minimum absolute atomic E-state index is 0.0232. The van der Waals surface area contributed by atoms with Gasteiger partial charge in [0, 0.05) is 42.7 Å². The lowest BCUT2D eigenvalue weighted by atomic mass is 9.82. The van der Waals surface area contributed by atoms with Crippen molar-refractivity contribution in [2.75, 3.05) is 33.2 Å². The van der Waals surface area contributed by atoms with Gasteiger partial charge in [-0.25, -0.2) is 13.1 Å². The Balaban J connectivity index is 1.64. The van der Waals surface area contributed by atoms with Gasteiger partial charge in [0.15, 0.2) is 0 Å². The summed E-state index contributed by atoms with van der Waals surface area (Å²) in [6, 6.07) is 7.25. The van der Waals surface area contributed by atoms with Crippen molar-refractivity contribution in [2.24, 2.45) is 0 Å². The molecule has 0 spiro atoms. The Labute approximate surface area is 236 Å². The van der Waals surface area contributed by atoms with Gasteiger partial charge < -0.3 is 18.8 Å². The first-order chi connectivity index (χ1) is 19.0. The molecule has 0 atom stereocenters. The zero-order valence-electron chi connectivity index (χ0n) is 23.9. The van der Waals surface area contributed by atoms with Gasteiger partial charge in [-0.15, -0.1) is 0 Å². The van der Waals surface area contributed by atoms with Crippen LogP contribution in [0.3, 0.4) is 0 Å². The van der Waals surface area contributed by atoms with E-state index in [0.29, 0.717) is 19.0 Å². The third kappa shape index (κ3) is 5.56. The van der Waals surface area contributed by atoms with Crippen LogP contribution >= 0.6 is 0 Å². The van der Waals surface area contributed by atoms with Crippen molar-refractivity contribution in [2.45, 2.75) is 70.1 Å². The molecule has 5 rings (SSSR count). The zero-order valence-corrected chi connectivity index (χ0v) is 24.7. The summed E-state index contributed by atoms with van der Waals surface area (Å²) >= 11 is 0. The van der Waals surface area contributed by atoms with Gasteiger partial charge in [0.2, 0.25) is 15.9 Å². The Morgan fingerprint density at radius 1 is 1.02 bits per heavy atom. The van der Waals surface area contributed by atoms with E-state index in [4.69, 9.17) is 4.42 Å². The summed E-state index contributed by atoms with van der Waals surface area (Å²) in [5.74, 6) is -0.337. The molecule has 1 saturated heterocycles. The Morgan fingerprint density at radius 2 is 1.73 bits per heavy atom. The van der Waals surface area contributed by atoms with Crippen LogP contribution < -0.4 is 4.72 Å². The topological polar surface area (TPSA) is 105 Å². The van der Waals surface area contributed by atoms with Crippen molar-refractivity contribution < 1.29 is 22.4 Å². The van der Waals surface area contributed by atoms with Crippen LogP contribution in [0.2, 0.25) is 0 Å². The fourth-order valence-corrected chi connectivity index (χ4v) is 6.49. The second kappa shape index (κ2) is 11.0. The predicted octanol–water partition coefficient (Wildman–Crippen LogP) is 4.58. The number of amides is 2. The van der Waals surface area contributed by atoms with Crippen molar-refractivity contribution >= 4 is 32.7 Å².